The van der Waals surface area contributed by atoms with E-state index in [1.165, 1.54) is 6.42 Å². The number of hydrogen-bond donors (Lipinski definition) is 1. The van der Waals surface area contributed by atoms with Gasteiger partial charge in [0, 0.05) is 32.0 Å². The predicted octanol–water partition coefficient (Wildman–Crippen LogP) is 1.07. The quantitative estimate of drug-likeness (QED) is 0.823. The van der Waals surface area contributed by atoms with Gasteiger partial charge in [0.05, 0.1) is 6.61 Å². The molecule has 0 bridgehead atoms. The first-order valence-electron chi connectivity index (χ1n) is 7.88. The summed E-state index contributed by atoms with van der Waals surface area (Å²) >= 11 is 0. The van der Waals surface area contributed by atoms with Crippen LogP contribution < -0.4 is 5.32 Å². The number of amides is 2. The number of rotatable bonds is 2. The maximum atomic E-state index is 12.9. The Hall–Kier alpha value is -1.10. The molecule has 1 aliphatic carbocycles. The van der Waals surface area contributed by atoms with E-state index < -0.39 is 5.54 Å². The Morgan fingerprint density at radius 1 is 1.25 bits per heavy atom. The first-order valence-corrected chi connectivity index (χ1v) is 7.88. The van der Waals surface area contributed by atoms with Crippen LogP contribution in [0.1, 0.15) is 44.9 Å². The molecule has 0 radical (unpaired) electrons. The molecule has 3 fully saturated rings. The van der Waals surface area contributed by atoms with Crippen molar-refractivity contribution in [1.29, 1.82) is 0 Å². The Labute approximate surface area is 120 Å². The second-order valence-corrected chi connectivity index (χ2v) is 6.42. The third-order valence-corrected chi connectivity index (χ3v) is 4.89. The van der Waals surface area contributed by atoms with Gasteiger partial charge in [-0.25, -0.2) is 0 Å². The molecular weight excluding hydrogens is 256 g/mol. The largest absolute Gasteiger partial charge is 0.381 e. The van der Waals surface area contributed by atoms with Crippen LogP contribution in [0.4, 0.5) is 0 Å². The summed E-state index contributed by atoms with van der Waals surface area (Å²) in [5, 5.41) is 3.04. The standard InChI is InChI=1S/C15H24N2O3/c18-13-4-8-17(10-12-5-9-20-11-12)14(19)15(16-13)6-2-1-3-7-15/h12H,1-11H2,(H,16,18). The summed E-state index contributed by atoms with van der Waals surface area (Å²) in [6, 6.07) is 0. The predicted molar refractivity (Wildman–Crippen MR) is 74.1 cm³/mol. The van der Waals surface area contributed by atoms with Crippen LogP contribution in [-0.4, -0.2) is 48.6 Å². The van der Waals surface area contributed by atoms with Gasteiger partial charge in [0.25, 0.3) is 0 Å². The summed E-state index contributed by atoms with van der Waals surface area (Å²) in [4.78, 5) is 26.8. The average Bonchev–Trinajstić information content (AvgIpc) is 2.93. The zero-order valence-electron chi connectivity index (χ0n) is 12.0. The van der Waals surface area contributed by atoms with Crippen molar-refractivity contribution in [3.05, 3.63) is 0 Å². The van der Waals surface area contributed by atoms with Gasteiger partial charge in [0.1, 0.15) is 5.54 Å². The second-order valence-electron chi connectivity index (χ2n) is 6.42. The SMILES string of the molecule is O=C1CCN(CC2CCOC2)C(=O)C2(CCCCC2)N1. The summed E-state index contributed by atoms with van der Waals surface area (Å²) in [5.74, 6) is 0.619. The smallest absolute Gasteiger partial charge is 0.248 e. The number of ether oxygens (including phenoxy) is 1. The minimum atomic E-state index is -0.606. The van der Waals surface area contributed by atoms with Crippen molar-refractivity contribution in [3.8, 4) is 0 Å². The van der Waals surface area contributed by atoms with E-state index >= 15 is 0 Å². The van der Waals surface area contributed by atoms with E-state index in [9.17, 15) is 9.59 Å². The lowest BCUT2D eigenvalue weighted by atomic mass is 9.80. The molecule has 3 rings (SSSR count). The summed E-state index contributed by atoms with van der Waals surface area (Å²) in [5.41, 5.74) is -0.606. The Morgan fingerprint density at radius 2 is 2.05 bits per heavy atom. The van der Waals surface area contributed by atoms with Gasteiger partial charge in [-0.05, 0) is 19.3 Å². The first kappa shape index (κ1) is 13.9. The number of nitrogens with zero attached hydrogens (tertiary/aromatic N) is 1. The monoisotopic (exact) mass is 280 g/mol. The van der Waals surface area contributed by atoms with E-state index in [1.807, 2.05) is 4.90 Å². The summed E-state index contributed by atoms with van der Waals surface area (Å²) < 4.78 is 5.40. The van der Waals surface area contributed by atoms with Crippen molar-refractivity contribution in [1.82, 2.24) is 10.2 Å². The molecule has 0 aromatic carbocycles. The zero-order chi connectivity index (χ0) is 14.0. The van der Waals surface area contributed by atoms with E-state index in [4.69, 9.17) is 4.74 Å². The van der Waals surface area contributed by atoms with Crippen LogP contribution in [0.5, 0.6) is 0 Å². The van der Waals surface area contributed by atoms with E-state index in [0.29, 0.717) is 18.9 Å². The first-order chi connectivity index (χ1) is 9.70. The zero-order valence-corrected chi connectivity index (χ0v) is 12.0. The number of hydrogen-bond acceptors (Lipinski definition) is 3. The number of nitrogens with one attached hydrogen (secondary N) is 1. The molecule has 1 N–H and O–H groups in total. The van der Waals surface area contributed by atoms with Gasteiger partial charge in [-0.3, -0.25) is 9.59 Å². The van der Waals surface area contributed by atoms with Gasteiger partial charge in [0.2, 0.25) is 11.8 Å². The van der Waals surface area contributed by atoms with Gasteiger partial charge >= 0.3 is 0 Å². The third kappa shape index (κ3) is 2.68. The molecule has 5 nitrogen and oxygen atoms in total. The third-order valence-electron chi connectivity index (χ3n) is 4.89. The molecule has 5 heteroatoms. The van der Waals surface area contributed by atoms with Crippen LogP contribution in [0, 0.1) is 5.92 Å². The maximum Gasteiger partial charge on any atom is 0.248 e. The van der Waals surface area contributed by atoms with Crippen molar-refractivity contribution in [2.24, 2.45) is 5.92 Å². The van der Waals surface area contributed by atoms with E-state index in [1.54, 1.807) is 0 Å². The Morgan fingerprint density at radius 3 is 2.75 bits per heavy atom. The normalized spacial score (nSPS) is 30.4. The van der Waals surface area contributed by atoms with Crippen LogP contribution in [0.2, 0.25) is 0 Å². The highest BCUT2D eigenvalue weighted by Gasteiger charge is 2.45. The van der Waals surface area contributed by atoms with Crippen molar-refractivity contribution in [2.45, 2.75) is 50.5 Å². The van der Waals surface area contributed by atoms with E-state index in [-0.39, 0.29) is 11.8 Å². The van der Waals surface area contributed by atoms with Crippen LogP contribution >= 0.6 is 0 Å². The fourth-order valence-electron chi connectivity index (χ4n) is 3.73. The highest BCUT2D eigenvalue weighted by atomic mass is 16.5. The van der Waals surface area contributed by atoms with Crippen molar-refractivity contribution in [2.75, 3.05) is 26.3 Å². The molecule has 0 aromatic heterocycles. The van der Waals surface area contributed by atoms with Gasteiger partial charge in [0.15, 0.2) is 0 Å². The van der Waals surface area contributed by atoms with Crippen molar-refractivity contribution >= 4 is 11.8 Å². The molecule has 2 heterocycles. The van der Waals surface area contributed by atoms with Crippen molar-refractivity contribution in [3.63, 3.8) is 0 Å². The fraction of sp³-hybridized carbons (Fsp3) is 0.867. The van der Waals surface area contributed by atoms with Crippen LogP contribution in [0.25, 0.3) is 0 Å². The average molecular weight is 280 g/mol. The highest BCUT2D eigenvalue weighted by molar-refractivity contribution is 5.93. The molecule has 20 heavy (non-hydrogen) atoms. The molecule has 3 aliphatic rings. The molecule has 1 unspecified atom stereocenters. The lowest BCUT2D eigenvalue weighted by molar-refractivity contribution is -0.140. The molecular formula is C15H24N2O3. The lowest BCUT2D eigenvalue weighted by Crippen LogP contribution is -2.58. The minimum Gasteiger partial charge on any atom is -0.381 e. The minimum absolute atomic E-state index is 0.0328. The van der Waals surface area contributed by atoms with Crippen LogP contribution in [0.15, 0.2) is 0 Å². The van der Waals surface area contributed by atoms with Crippen LogP contribution in [0.3, 0.4) is 0 Å². The summed E-state index contributed by atoms with van der Waals surface area (Å²) in [6.07, 6.45) is 6.30. The summed E-state index contributed by atoms with van der Waals surface area (Å²) in [6.45, 7) is 2.85. The molecule has 2 aliphatic heterocycles. The molecule has 2 saturated heterocycles. The molecule has 1 spiro atoms. The van der Waals surface area contributed by atoms with Crippen molar-refractivity contribution < 1.29 is 14.3 Å². The molecule has 0 aromatic rings. The number of carbonyl (C=O) groups excluding carboxylic acids is 2. The highest BCUT2D eigenvalue weighted by Crippen LogP contribution is 2.32. The Balaban J connectivity index is 1.75. The molecule has 2 amide bonds. The number of carbonyl (C=O) groups is 2. The maximum absolute atomic E-state index is 12.9. The topological polar surface area (TPSA) is 58.6 Å². The Kier molecular flexibility index (Phi) is 3.96. The molecule has 1 atom stereocenters. The second kappa shape index (κ2) is 5.72. The van der Waals surface area contributed by atoms with E-state index in [2.05, 4.69) is 5.32 Å². The Bertz CT molecular complexity index is 385. The van der Waals surface area contributed by atoms with Gasteiger partial charge in [-0.2, -0.15) is 0 Å². The van der Waals surface area contributed by atoms with Gasteiger partial charge < -0.3 is 15.0 Å². The van der Waals surface area contributed by atoms with Gasteiger partial charge in [-0.1, -0.05) is 19.3 Å². The molecule has 1 saturated carbocycles. The van der Waals surface area contributed by atoms with Crippen LogP contribution in [-0.2, 0) is 14.3 Å². The summed E-state index contributed by atoms with van der Waals surface area (Å²) in [7, 11) is 0. The molecule has 112 valence electrons. The van der Waals surface area contributed by atoms with Gasteiger partial charge in [-0.15, -0.1) is 0 Å². The fourth-order valence-corrected chi connectivity index (χ4v) is 3.73. The van der Waals surface area contributed by atoms with E-state index in [0.717, 1.165) is 51.9 Å². The lowest BCUT2D eigenvalue weighted by Gasteiger charge is -2.38.